The van der Waals surface area contributed by atoms with Crippen LogP contribution in [0.15, 0.2) is 90.0 Å². The molecule has 1 aromatic heterocycles. The van der Waals surface area contributed by atoms with Gasteiger partial charge in [-0.3, -0.25) is 10.1 Å². The van der Waals surface area contributed by atoms with Crippen molar-refractivity contribution in [3.8, 4) is 22.7 Å². The number of rotatable bonds is 8. The van der Waals surface area contributed by atoms with Crippen LogP contribution in [0.25, 0.3) is 16.9 Å². The fourth-order valence-electron chi connectivity index (χ4n) is 3.33. The summed E-state index contributed by atoms with van der Waals surface area (Å²) in [6.07, 6.45) is 1.77. The second-order valence-corrected chi connectivity index (χ2v) is 8.80. The van der Waals surface area contributed by atoms with Gasteiger partial charge in [0.1, 0.15) is 10.6 Å². The first kappa shape index (κ1) is 22.2. The van der Waals surface area contributed by atoms with Crippen LogP contribution in [0.5, 0.6) is 5.75 Å². The number of nitro groups is 1. The standard InChI is InChI=1S/C23H20N4O5S/c1-32-21-14-20(27(28)29)12-13-22(21)33(30,31)24-15-18-16-26(19-10-6-3-7-11-19)25-23(18)17-8-4-2-5-9-17/h2-14,16,24H,15H2,1H3. The fourth-order valence-corrected chi connectivity index (χ4v) is 4.49. The van der Waals surface area contributed by atoms with Crippen LogP contribution in [0.3, 0.4) is 0 Å². The van der Waals surface area contributed by atoms with Gasteiger partial charge in [0.05, 0.1) is 29.5 Å². The van der Waals surface area contributed by atoms with Gasteiger partial charge in [-0.05, 0) is 18.2 Å². The maximum Gasteiger partial charge on any atom is 0.273 e. The van der Waals surface area contributed by atoms with Crippen molar-refractivity contribution in [2.75, 3.05) is 7.11 Å². The van der Waals surface area contributed by atoms with E-state index in [4.69, 9.17) is 4.74 Å². The Bertz CT molecular complexity index is 1390. The number of aromatic nitrogens is 2. The maximum atomic E-state index is 13.0. The molecule has 0 radical (unpaired) electrons. The number of hydrogen-bond acceptors (Lipinski definition) is 6. The summed E-state index contributed by atoms with van der Waals surface area (Å²) in [5, 5.41) is 15.7. The lowest BCUT2D eigenvalue weighted by molar-refractivity contribution is -0.385. The number of nitrogens with zero attached hydrogens (tertiary/aromatic N) is 3. The monoisotopic (exact) mass is 464 g/mol. The van der Waals surface area contributed by atoms with Crippen molar-refractivity contribution in [3.05, 3.63) is 101 Å². The summed E-state index contributed by atoms with van der Waals surface area (Å²) in [7, 11) is -2.77. The molecule has 0 saturated heterocycles. The Labute approximate surface area is 190 Å². The molecule has 4 aromatic rings. The summed E-state index contributed by atoms with van der Waals surface area (Å²) >= 11 is 0. The maximum absolute atomic E-state index is 13.0. The molecule has 0 spiro atoms. The van der Waals surface area contributed by atoms with Gasteiger partial charge in [-0.15, -0.1) is 0 Å². The second-order valence-electron chi connectivity index (χ2n) is 7.07. The van der Waals surface area contributed by atoms with Crippen molar-refractivity contribution in [3.63, 3.8) is 0 Å². The number of non-ortho nitro benzene ring substituents is 1. The van der Waals surface area contributed by atoms with Gasteiger partial charge < -0.3 is 4.74 Å². The Morgan fingerprint density at radius 1 is 1.03 bits per heavy atom. The molecule has 0 amide bonds. The van der Waals surface area contributed by atoms with Crippen LogP contribution in [-0.4, -0.2) is 30.2 Å². The first-order valence-electron chi connectivity index (χ1n) is 9.90. The van der Waals surface area contributed by atoms with Gasteiger partial charge in [0.25, 0.3) is 5.69 Å². The first-order chi connectivity index (χ1) is 15.9. The fraction of sp³-hybridized carbons (Fsp3) is 0.0870. The molecule has 1 heterocycles. The highest BCUT2D eigenvalue weighted by molar-refractivity contribution is 7.89. The minimum absolute atomic E-state index is 0.0421. The molecule has 0 bridgehead atoms. The number of hydrogen-bond donors (Lipinski definition) is 1. The van der Waals surface area contributed by atoms with Crippen molar-refractivity contribution < 1.29 is 18.1 Å². The van der Waals surface area contributed by atoms with E-state index < -0.39 is 14.9 Å². The Hall–Kier alpha value is -4.02. The number of sulfonamides is 1. The average molecular weight is 465 g/mol. The molecule has 10 heteroatoms. The van der Waals surface area contributed by atoms with E-state index in [0.717, 1.165) is 29.4 Å². The Balaban J connectivity index is 1.68. The zero-order chi connectivity index (χ0) is 23.4. The Morgan fingerprint density at radius 2 is 1.70 bits per heavy atom. The minimum atomic E-state index is -4.03. The van der Waals surface area contributed by atoms with Gasteiger partial charge in [0, 0.05) is 29.9 Å². The van der Waals surface area contributed by atoms with Gasteiger partial charge in [-0.25, -0.2) is 17.8 Å². The molecule has 4 rings (SSSR count). The quantitative estimate of drug-likeness (QED) is 0.312. The van der Waals surface area contributed by atoms with Crippen LogP contribution >= 0.6 is 0 Å². The number of ether oxygens (including phenoxy) is 1. The zero-order valence-corrected chi connectivity index (χ0v) is 18.4. The molecule has 9 nitrogen and oxygen atoms in total. The summed E-state index contributed by atoms with van der Waals surface area (Å²) < 4.78 is 35.3. The Kier molecular flexibility index (Phi) is 6.20. The van der Waals surface area contributed by atoms with Crippen LogP contribution < -0.4 is 9.46 Å². The van der Waals surface area contributed by atoms with E-state index in [2.05, 4.69) is 9.82 Å². The smallest absolute Gasteiger partial charge is 0.273 e. The minimum Gasteiger partial charge on any atom is -0.495 e. The number of methoxy groups -OCH3 is 1. The van der Waals surface area contributed by atoms with Crippen LogP contribution in [0.2, 0.25) is 0 Å². The van der Waals surface area contributed by atoms with Crippen molar-refractivity contribution in [1.29, 1.82) is 0 Å². The summed E-state index contributed by atoms with van der Waals surface area (Å²) in [5.41, 5.74) is 2.71. The highest BCUT2D eigenvalue weighted by atomic mass is 32.2. The zero-order valence-electron chi connectivity index (χ0n) is 17.6. The number of nitrogens with one attached hydrogen (secondary N) is 1. The molecule has 3 aromatic carbocycles. The lowest BCUT2D eigenvalue weighted by Crippen LogP contribution is -2.24. The molecule has 33 heavy (non-hydrogen) atoms. The summed E-state index contributed by atoms with van der Waals surface area (Å²) in [4.78, 5) is 10.2. The number of nitro benzene ring substituents is 1. The van der Waals surface area contributed by atoms with E-state index >= 15 is 0 Å². The lowest BCUT2D eigenvalue weighted by Gasteiger charge is -2.10. The molecule has 0 saturated carbocycles. The van der Waals surface area contributed by atoms with E-state index in [0.29, 0.717) is 11.3 Å². The van der Waals surface area contributed by atoms with E-state index in [9.17, 15) is 18.5 Å². The topological polar surface area (TPSA) is 116 Å². The normalized spacial score (nSPS) is 11.3. The molecule has 0 unspecified atom stereocenters. The van der Waals surface area contributed by atoms with Gasteiger partial charge in [-0.1, -0.05) is 48.5 Å². The summed E-state index contributed by atoms with van der Waals surface area (Å²) in [6, 6.07) is 22.3. The molecule has 0 aliphatic carbocycles. The average Bonchev–Trinajstić information content (AvgIpc) is 3.28. The van der Waals surface area contributed by atoms with Crippen LogP contribution in [-0.2, 0) is 16.6 Å². The van der Waals surface area contributed by atoms with Crippen LogP contribution in [0.4, 0.5) is 5.69 Å². The van der Waals surface area contributed by atoms with Crippen LogP contribution in [0, 0.1) is 10.1 Å². The molecule has 0 atom stereocenters. The predicted molar refractivity (Wildman–Crippen MR) is 123 cm³/mol. The van der Waals surface area contributed by atoms with Crippen molar-refractivity contribution in [2.24, 2.45) is 0 Å². The molecule has 0 aliphatic heterocycles. The second kappa shape index (κ2) is 9.23. The summed E-state index contributed by atoms with van der Waals surface area (Å²) in [6.45, 7) is -0.0421. The molecular formula is C23H20N4O5S. The third kappa shape index (κ3) is 4.76. The van der Waals surface area contributed by atoms with E-state index in [1.807, 2.05) is 60.7 Å². The highest BCUT2D eigenvalue weighted by Crippen LogP contribution is 2.29. The van der Waals surface area contributed by atoms with E-state index in [-0.39, 0.29) is 22.9 Å². The molecule has 168 valence electrons. The SMILES string of the molecule is COc1cc([N+](=O)[O-])ccc1S(=O)(=O)NCc1cn(-c2ccccc2)nc1-c1ccccc1. The molecular weight excluding hydrogens is 444 g/mol. The van der Waals surface area contributed by atoms with E-state index in [1.54, 1.807) is 10.9 Å². The van der Waals surface area contributed by atoms with Gasteiger partial charge >= 0.3 is 0 Å². The Morgan fingerprint density at radius 3 is 2.33 bits per heavy atom. The van der Waals surface area contributed by atoms with Crippen molar-refractivity contribution in [1.82, 2.24) is 14.5 Å². The third-order valence-corrected chi connectivity index (χ3v) is 6.40. The highest BCUT2D eigenvalue weighted by Gasteiger charge is 2.23. The van der Waals surface area contributed by atoms with Gasteiger partial charge in [-0.2, -0.15) is 5.10 Å². The third-order valence-electron chi connectivity index (χ3n) is 4.96. The molecule has 0 aliphatic rings. The molecule has 0 fully saturated rings. The van der Waals surface area contributed by atoms with Gasteiger partial charge in [0.15, 0.2) is 0 Å². The van der Waals surface area contributed by atoms with E-state index in [1.165, 1.54) is 7.11 Å². The summed E-state index contributed by atoms with van der Waals surface area (Å²) in [5.74, 6) is -0.111. The number of para-hydroxylation sites is 1. The largest absolute Gasteiger partial charge is 0.495 e. The molecule has 1 N–H and O–H groups in total. The van der Waals surface area contributed by atoms with Crippen molar-refractivity contribution >= 4 is 15.7 Å². The lowest BCUT2D eigenvalue weighted by atomic mass is 10.1. The van der Waals surface area contributed by atoms with Gasteiger partial charge in [0.2, 0.25) is 10.0 Å². The van der Waals surface area contributed by atoms with Crippen LogP contribution in [0.1, 0.15) is 5.56 Å². The first-order valence-corrected chi connectivity index (χ1v) is 11.4. The predicted octanol–water partition coefficient (Wildman–Crippen LogP) is 3.93. The van der Waals surface area contributed by atoms with Crippen molar-refractivity contribution in [2.45, 2.75) is 11.4 Å². The number of benzene rings is 3.